The number of methoxy groups -OCH3 is 1. The number of carbonyl (C=O) groups is 1. The van der Waals surface area contributed by atoms with Crippen LogP contribution in [0.15, 0.2) is 16.6 Å². The van der Waals surface area contributed by atoms with Gasteiger partial charge in [-0.25, -0.2) is 0 Å². The number of piperidine rings is 1. The normalized spacial score (nSPS) is 15.1. The van der Waals surface area contributed by atoms with E-state index in [1.165, 1.54) is 6.42 Å². The monoisotopic (exact) mass is 341 g/mol. The topological polar surface area (TPSA) is 38.8 Å². The van der Waals surface area contributed by atoms with Crippen molar-refractivity contribution in [2.24, 2.45) is 0 Å². The fourth-order valence-electron chi connectivity index (χ4n) is 2.41. The minimum Gasteiger partial charge on any atom is -0.493 e. The minimum atomic E-state index is 0.0618. The zero-order chi connectivity index (χ0) is 14.5. The Morgan fingerprint density at radius 2 is 2.00 bits per heavy atom. The van der Waals surface area contributed by atoms with Crippen molar-refractivity contribution in [2.45, 2.75) is 26.2 Å². The molecule has 1 fully saturated rings. The lowest BCUT2D eigenvalue weighted by Crippen LogP contribution is -2.35. The van der Waals surface area contributed by atoms with Crippen LogP contribution in [0.25, 0.3) is 0 Å². The summed E-state index contributed by atoms with van der Waals surface area (Å²) in [7, 11) is 1.58. The van der Waals surface area contributed by atoms with Crippen LogP contribution >= 0.6 is 15.9 Å². The Balaban J connectivity index is 2.27. The van der Waals surface area contributed by atoms with E-state index in [9.17, 15) is 4.79 Å². The van der Waals surface area contributed by atoms with Crippen LogP contribution in [0, 0.1) is 0 Å². The molecule has 0 unspecified atom stereocenters. The molecule has 20 heavy (non-hydrogen) atoms. The molecule has 5 heteroatoms. The molecule has 0 aliphatic carbocycles. The molecule has 1 saturated heterocycles. The van der Waals surface area contributed by atoms with Crippen LogP contribution in [0.3, 0.4) is 0 Å². The maximum absolute atomic E-state index is 12.5. The molecular formula is C15H20BrNO3. The average molecular weight is 342 g/mol. The lowest BCUT2D eigenvalue weighted by Gasteiger charge is -2.27. The lowest BCUT2D eigenvalue weighted by molar-refractivity contribution is 0.0724. The Morgan fingerprint density at radius 3 is 2.60 bits per heavy atom. The second kappa shape index (κ2) is 6.97. The summed E-state index contributed by atoms with van der Waals surface area (Å²) in [5.74, 6) is 1.29. The van der Waals surface area contributed by atoms with Gasteiger partial charge in [-0.2, -0.15) is 0 Å². The van der Waals surface area contributed by atoms with Crippen LogP contribution in [0.1, 0.15) is 36.5 Å². The highest BCUT2D eigenvalue weighted by atomic mass is 79.9. The van der Waals surface area contributed by atoms with E-state index in [0.29, 0.717) is 23.7 Å². The Labute approximate surface area is 128 Å². The number of benzene rings is 1. The van der Waals surface area contributed by atoms with Crippen LogP contribution in [0.5, 0.6) is 11.5 Å². The average Bonchev–Trinajstić information content (AvgIpc) is 2.49. The molecule has 1 aliphatic rings. The van der Waals surface area contributed by atoms with Crippen molar-refractivity contribution in [3.8, 4) is 11.5 Å². The van der Waals surface area contributed by atoms with Crippen molar-refractivity contribution in [1.29, 1.82) is 0 Å². The predicted molar refractivity (Wildman–Crippen MR) is 81.6 cm³/mol. The van der Waals surface area contributed by atoms with Gasteiger partial charge in [-0.05, 0) is 54.2 Å². The van der Waals surface area contributed by atoms with Crippen LogP contribution in [-0.2, 0) is 0 Å². The Kier molecular flexibility index (Phi) is 5.29. The van der Waals surface area contributed by atoms with Crippen molar-refractivity contribution in [3.05, 3.63) is 22.2 Å². The summed E-state index contributed by atoms with van der Waals surface area (Å²) in [6.07, 6.45) is 3.38. The van der Waals surface area contributed by atoms with Crippen LogP contribution in [-0.4, -0.2) is 37.6 Å². The summed E-state index contributed by atoms with van der Waals surface area (Å²) >= 11 is 3.46. The van der Waals surface area contributed by atoms with Crippen LogP contribution in [0.2, 0.25) is 0 Å². The van der Waals surface area contributed by atoms with Gasteiger partial charge in [0.05, 0.1) is 18.2 Å². The largest absolute Gasteiger partial charge is 0.493 e. The van der Waals surface area contributed by atoms with E-state index in [0.717, 1.165) is 30.4 Å². The zero-order valence-corrected chi connectivity index (χ0v) is 13.5. The standard InChI is InChI=1S/C15H20BrNO3/c1-3-20-14-12(16)9-11(10-13(14)19-2)15(18)17-7-5-4-6-8-17/h9-10H,3-8H2,1-2H3. The number of amides is 1. The van der Waals surface area contributed by atoms with Crippen molar-refractivity contribution in [1.82, 2.24) is 4.90 Å². The van der Waals surface area contributed by atoms with Crippen LogP contribution in [0.4, 0.5) is 0 Å². The smallest absolute Gasteiger partial charge is 0.254 e. The van der Waals surface area contributed by atoms with Gasteiger partial charge in [0.2, 0.25) is 0 Å². The number of rotatable bonds is 4. The van der Waals surface area contributed by atoms with E-state index >= 15 is 0 Å². The van der Waals surface area contributed by atoms with Gasteiger partial charge in [0.25, 0.3) is 5.91 Å². The molecule has 110 valence electrons. The van der Waals surface area contributed by atoms with Crippen LogP contribution < -0.4 is 9.47 Å². The molecule has 1 amide bonds. The Bertz CT molecular complexity index is 484. The summed E-state index contributed by atoms with van der Waals surface area (Å²) < 4.78 is 11.6. The van der Waals surface area contributed by atoms with E-state index in [1.807, 2.05) is 17.9 Å². The SMILES string of the molecule is CCOc1c(Br)cc(C(=O)N2CCCCC2)cc1OC. The molecule has 0 saturated carbocycles. The molecule has 0 spiro atoms. The van der Waals surface area contributed by atoms with Gasteiger partial charge in [-0.3, -0.25) is 4.79 Å². The maximum Gasteiger partial charge on any atom is 0.254 e. The lowest BCUT2D eigenvalue weighted by atomic mass is 10.1. The van der Waals surface area contributed by atoms with Crippen molar-refractivity contribution in [2.75, 3.05) is 26.8 Å². The quantitative estimate of drug-likeness (QED) is 0.841. The highest BCUT2D eigenvalue weighted by Crippen LogP contribution is 2.37. The third-order valence-electron chi connectivity index (χ3n) is 3.41. The number of carbonyl (C=O) groups excluding carboxylic acids is 1. The molecule has 0 bridgehead atoms. The van der Waals surface area contributed by atoms with E-state index in [2.05, 4.69) is 15.9 Å². The van der Waals surface area contributed by atoms with Crippen molar-refractivity contribution >= 4 is 21.8 Å². The van der Waals surface area contributed by atoms with Gasteiger partial charge < -0.3 is 14.4 Å². The maximum atomic E-state index is 12.5. The number of likely N-dealkylation sites (tertiary alicyclic amines) is 1. The molecule has 0 aromatic heterocycles. The predicted octanol–water partition coefficient (Wildman–Crippen LogP) is 3.48. The van der Waals surface area contributed by atoms with Gasteiger partial charge >= 0.3 is 0 Å². The van der Waals surface area contributed by atoms with Crippen molar-refractivity contribution in [3.63, 3.8) is 0 Å². The molecule has 0 N–H and O–H groups in total. The third kappa shape index (κ3) is 3.26. The second-order valence-electron chi connectivity index (χ2n) is 4.78. The number of ether oxygens (including phenoxy) is 2. The summed E-state index contributed by atoms with van der Waals surface area (Å²) in [5, 5.41) is 0. The first-order valence-electron chi connectivity index (χ1n) is 6.97. The van der Waals surface area contributed by atoms with E-state index in [1.54, 1.807) is 13.2 Å². The first-order chi connectivity index (χ1) is 9.67. The van der Waals surface area contributed by atoms with Gasteiger partial charge in [0, 0.05) is 18.7 Å². The van der Waals surface area contributed by atoms with Gasteiger partial charge in [0.15, 0.2) is 11.5 Å². The number of hydrogen-bond donors (Lipinski definition) is 0. The summed E-state index contributed by atoms with van der Waals surface area (Å²) in [6, 6.07) is 3.57. The first kappa shape index (κ1) is 15.2. The highest BCUT2D eigenvalue weighted by molar-refractivity contribution is 9.10. The molecular weight excluding hydrogens is 322 g/mol. The van der Waals surface area contributed by atoms with E-state index in [-0.39, 0.29) is 5.91 Å². The fourth-order valence-corrected chi connectivity index (χ4v) is 2.96. The minimum absolute atomic E-state index is 0.0618. The molecule has 0 atom stereocenters. The summed E-state index contributed by atoms with van der Waals surface area (Å²) in [4.78, 5) is 14.4. The number of hydrogen-bond acceptors (Lipinski definition) is 3. The first-order valence-corrected chi connectivity index (χ1v) is 7.76. The van der Waals surface area contributed by atoms with Crippen molar-refractivity contribution < 1.29 is 14.3 Å². The molecule has 2 rings (SSSR count). The molecule has 4 nitrogen and oxygen atoms in total. The van der Waals surface area contributed by atoms with Gasteiger partial charge in [0.1, 0.15) is 0 Å². The Hall–Kier alpha value is -1.23. The van der Waals surface area contributed by atoms with E-state index < -0.39 is 0 Å². The molecule has 1 aromatic carbocycles. The molecule has 0 radical (unpaired) electrons. The summed E-state index contributed by atoms with van der Waals surface area (Å²) in [5.41, 5.74) is 0.638. The van der Waals surface area contributed by atoms with Gasteiger partial charge in [-0.1, -0.05) is 0 Å². The molecule has 1 aliphatic heterocycles. The molecule has 1 aromatic rings. The second-order valence-corrected chi connectivity index (χ2v) is 5.63. The zero-order valence-electron chi connectivity index (χ0n) is 11.9. The van der Waals surface area contributed by atoms with E-state index in [4.69, 9.17) is 9.47 Å². The fraction of sp³-hybridized carbons (Fsp3) is 0.533. The van der Waals surface area contributed by atoms with Gasteiger partial charge in [-0.15, -0.1) is 0 Å². The molecule has 1 heterocycles. The number of nitrogens with zero attached hydrogens (tertiary/aromatic N) is 1. The summed E-state index contributed by atoms with van der Waals surface area (Å²) in [6.45, 7) is 4.14. The highest BCUT2D eigenvalue weighted by Gasteiger charge is 2.21. The number of halogens is 1. The third-order valence-corrected chi connectivity index (χ3v) is 4.00. The Morgan fingerprint density at radius 1 is 1.30 bits per heavy atom.